The molecule has 3 nitrogen and oxygen atoms in total. The molecule has 2 rings (SSSR count). The zero-order chi connectivity index (χ0) is 13.6. The zero-order valence-corrected chi connectivity index (χ0v) is 13.4. The first-order chi connectivity index (χ1) is 8.22. The second-order valence-corrected chi connectivity index (χ2v) is 8.15. The number of hydrogen-bond acceptors (Lipinski definition) is 2. The van der Waals surface area contributed by atoms with Crippen LogP contribution in [-0.4, -0.2) is 14.0 Å². The minimum atomic E-state index is -3.57. The second kappa shape index (κ2) is 4.78. The molecule has 6 heteroatoms. The summed E-state index contributed by atoms with van der Waals surface area (Å²) in [7, 11) is -3.57. The molecule has 0 saturated heterocycles. The van der Waals surface area contributed by atoms with Crippen molar-refractivity contribution in [3.05, 3.63) is 27.7 Å². The van der Waals surface area contributed by atoms with Gasteiger partial charge in [0.1, 0.15) is 4.90 Å². The molecule has 0 amide bonds. The number of benzene rings is 1. The molecule has 1 aromatic carbocycles. The van der Waals surface area contributed by atoms with Crippen LogP contribution < -0.4 is 4.72 Å². The molecule has 1 aliphatic rings. The van der Waals surface area contributed by atoms with Crippen molar-refractivity contribution in [2.45, 2.75) is 37.1 Å². The second-order valence-electron chi connectivity index (χ2n) is 5.18. The highest BCUT2D eigenvalue weighted by atomic mass is 79.9. The number of sulfonamides is 1. The van der Waals surface area contributed by atoms with Crippen molar-refractivity contribution in [1.29, 1.82) is 0 Å². The van der Waals surface area contributed by atoms with Crippen molar-refractivity contribution in [3.8, 4) is 0 Å². The van der Waals surface area contributed by atoms with E-state index in [1.807, 2.05) is 13.8 Å². The fourth-order valence-electron chi connectivity index (χ4n) is 1.98. The first-order valence-electron chi connectivity index (χ1n) is 5.71. The lowest BCUT2D eigenvalue weighted by Gasteiger charge is -2.26. The maximum atomic E-state index is 12.3. The zero-order valence-electron chi connectivity index (χ0n) is 10.2. The molecule has 1 aromatic rings. The van der Waals surface area contributed by atoms with E-state index in [1.54, 1.807) is 12.1 Å². The predicted octanol–water partition coefficient (Wildman–Crippen LogP) is 3.57. The minimum absolute atomic E-state index is 0.126. The van der Waals surface area contributed by atoms with Crippen LogP contribution in [0.4, 0.5) is 0 Å². The van der Waals surface area contributed by atoms with Crippen LogP contribution in [0.1, 0.15) is 26.7 Å². The Kier molecular flexibility index (Phi) is 3.80. The molecule has 18 heavy (non-hydrogen) atoms. The third-order valence-corrected chi connectivity index (χ3v) is 5.83. The summed E-state index contributed by atoms with van der Waals surface area (Å²) >= 11 is 9.25. The van der Waals surface area contributed by atoms with E-state index in [2.05, 4.69) is 20.7 Å². The first-order valence-corrected chi connectivity index (χ1v) is 8.37. The van der Waals surface area contributed by atoms with Gasteiger partial charge in [0.15, 0.2) is 0 Å². The summed E-state index contributed by atoms with van der Waals surface area (Å²) in [5, 5.41) is 0.225. The first kappa shape index (κ1) is 14.3. The van der Waals surface area contributed by atoms with Crippen molar-refractivity contribution in [1.82, 2.24) is 4.72 Å². The predicted molar refractivity (Wildman–Crippen MR) is 76.3 cm³/mol. The molecule has 0 spiro atoms. The molecule has 0 aliphatic heterocycles. The van der Waals surface area contributed by atoms with E-state index >= 15 is 0 Å². The van der Waals surface area contributed by atoms with Gasteiger partial charge in [-0.05, 0) is 50.8 Å². The summed E-state index contributed by atoms with van der Waals surface area (Å²) in [6.07, 6.45) is 2.15. The van der Waals surface area contributed by atoms with Gasteiger partial charge in [-0.25, -0.2) is 13.1 Å². The molecule has 0 aromatic heterocycles. The van der Waals surface area contributed by atoms with E-state index in [1.165, 1.54) is 6.07 Å². The topological polar surface area (TPSA) is 46.2 Å². The third kappa shape index (κ3) is 3.07. The highest BCUT2D eigenvalue weighted by molar-refractivity contribution is 9.10. The van der Waals surface area contributed by atoms with Gasteiger partial charge in [-0.3, -0.25) is 0 Å². The van der Waals surface area contributed by atoms with Gasteiger partial charge in [-0.2, -0.15) is 0 Å². The molecule has 0 radical (unpaired) electrons. The molecule has 0 unspecified atom stereocenters. The van der Waals surface area contributed by atoms with E-state index in [0.717, 1.165) is 17.3 Å². The number of hydrogen-bond donors (Lipinski definition) is 1. The Morgan fingerprint density at radius 3 is 2.50 bits per heavy atom. The number of nitrogens with one attached hydrogen (secondary N) is 1. The Morgan fingerprint density at radius 1 is 1.39 bits per heavy atom. The average molecular weight is 353 g/mol. The van der Waals surface area contributed by atoms with Crippen molar-refractivity contribution < 1.29 is 8.42 Å². The molecule has 0 heterocycles. The van der Waals surface area contributed by atoms with Crippen LogP contribution in [0.25, 0.3) is 0 Å². The van der Waals surface area contributed by atoms with Crippen LogP contribution in [-0.2, 0) is 10.0 Å². The van der Waals surface area contributed by atoms with Crippen molar-refractivity contribution in [2.24, 2.45) is 5.92 Å². The van der Waals surface area contributed by atoms with Crippen molar-refractivity contribution in [2.75, 3.05) is 0 Å². The standard InChI is InChI=1S/C12H15BrClNO2S/c1-12(2,8-3-4-8)15-18(16,17)11-6-5-9(13)7-10(11)14/h5-8,15H,3-4H2,1-2H3. The van der Waals surface area contributed by atoms with Crippen LogP contribution in [0, 0.1) is 5.92 Å². The average Bonchev–Trinajstić information content (AvgIpc) is 2.97. The highest BCUT2D eigenvalue weighted by Gasteiger charge is 2.40. The summed E-state index contributed by atoms with van der Waals surface area (Å²) in [6.45, 7) is 3.82. The van der Waals surface area contributed by atoms with Crippen molar-refractivity contribution in [3.63, 3.8) is 0 Å². The van der Waals surface area contributed by atoms with E-state index in [4.69, 9.17) is 11.6 Å². The monoisotopic (exact) mass is 351 g/mol. The Morgan fingerprint density at radius 2 is 2.00 bits per heavy atom. The van der Waals surface area contributed by atoms with Crippen LogP contribution in [0.2, 0.25) is 5.02 Å². The largest absolute Gasteiger partial charge is 0.242 e. The van der Waals surface area contributed by atoms with Gasteiger partial charge in [0.2, 0.25) is 10.0 Å². The quantitative estimate of drug-likeness (QED) is 0.900. The molecule has 0 atom stereocenters. The van der Waals surface area contributed by atoms with Gasteiger partial charge in [0.25, 0.3) is 0 Å². The van der Waals surface area contributed by atoms with Gasteiger partial charge in [-0.1, -0.05) is 27.5 Å². The molecular weight excluding hydrogens is 338 g/mol. The molecule has 1 fully saturated rings. The minimum Gasteiger partial charge on any atom is -0.207 e. The summed E-state index contributed by atoms with van der Waals surface area (Å²) in [5.74, 6) is 0.418. The van der Waals surface area contributed by atoms with Gasteiger partial charge in [0.05, 0.1) is 5.02 Å². The maximum absolute atomic E-state index is 12.3. The molecular formula is C12H15BrClNO2S. The maximum Gasteiger partial charge on any atom is 0.242 e. The Hall–Kier alpha value is -0.100. The SMILES string of the molecule is CC(C)(NS(=O)(=O)c1ccc(Br)cc1Cl)C1CC1. The van der Waals surface area contributed by atoms with Crippen LogP contribution in [0.15, 0.2) is 27.6 Å². The van der Waals surface area contributed by atoms with Crippen LogP contribution in [0.3, 0.4) is 0 Å². The third-order valence-electron chi connectivity index (χ3n) is 3.18. The van der Waals surface area contributed by atoms with Crippen LogP contribution in [0.5, 0.6) is 0 Å². The van der Waals surface area contributed by atoms with Gasteiger partial charge in [0, 0.05) is 10.0 Å². The van der Waals surface area contributed by atoms with E-state index in [0.29, 0.717) is 5.92 Å². The van der Waals surface area contributed by atoms with Gasteiger partial charge in [-0.15, -0.1) is 0 Å². The van der Waals surface area contributed by atoms with E-state index in [-0.39, 0.29) is 9.92 Å². The fourth-order valence-corrected chi connectivity index (χ4v) is 4.49. The molecule has 100 valence electrons. The molecule has 1 aliphatic carbocycles. The lowest BCUT2D eigenvalue weighted by molar-refractivity contribution is 0.400. The van der Waals surface area contributed by atoms with E-state index in [9.17, 15) is 8.42 Å². The Balaban J connectivity index is 2.30. The number of halogens is 2. The smallest absolute Gasteiger partial charge is 0.207 e. The molecule has 1 saturated carbocycles. The van der Waals surface area contributed by atoms with Crippen LogP contribution >= 0.6 is 27.5 Å². The molecule has 1 N–H and O–H groups in total. The summed E-state index contributed by atoms with van der Waals surface area (Å²) in [4.78, 5) is 0.126. The normalized spacial score (nSPS) is 16.9. The highest BCUT2D eigenvalue weighted by Crippen LogP contribution is 2.40. The lowest BCUT2D eigenvalue weighted by Crippen LogP contribution is -2.45. The summed E-state index contributed by atoms with van der Waals surface area (Å²) in [5.41, 5.74) is -0.421. The van der Waals surface area contributed by atoms with Gasteiger partial charge >= 0.3 is 0 Å². The van der Waals surface area contributed by atoms with Gasteiger partial charge < -0.3 is 0 Å². The Labute approximate surface area is 121 Å². The summed E-state index contributed by atoms with van der Waals surface area (Å²) < 4.78 is 28.1. The molecule has 0 bridgehead atoms. The number of rotatable bonds is 4. The van der Waals surface area contributed by atoms with Crippen molar-refractivity contribution >= 4 is 37.6 Å². The summed E-state index contributed by atoms with van der Waals surface area (Å²) in [6, 6.07) is 4.77. The van der Waals surface area contributed by atoms with E-state index < -0.39 is 15.6 Å². The fraction of sp³-hybridized carbons (Fsp3) is 0.500. The lowest BCUT2D eigenvalue weighted by atomic mass is 10.0. The Bertz CT molecular complexity index is 567.